The molecule has 0 radical (unpaired) electrons. The van der Waals surface area contributed by atoms with Gasteiger partial charge in [-0.15, -0.1) is 0 Å². The molecule has 0 amide bonds. The monoisotopic (exact) mass is 608 g/mol. The summed E-state index contributed by atoms with van der Waals surface area (Å²) in [6.45, 7) is 13.8. The van der Waals surface area contributed by atoms with Crippen LogP contribution >= 0.6 is 11.7 Å². The Morgan fingerprint density at radius 2 is 1.11 bits per heavy atom. The average molecular weight is 609 g/mol. The van der Waals surface area contributed by atoms with Crippen LogP contribution in [0.4, 0.5) is 0 Å². The summed E-state index contributed by atoms with van der Waals surface area (Å²) in [6, 6.07) is 19.4. The fourth-order valence-electron chi connectivity index (χ4n) is 7.70. The molecule has 1 aliphatic carbocycles. The van der Waals surface area contributed by atoms with Gasteiger partial charge in [-0.1, -0.05) is 161 Å². The van der Waals surface area contributed by atoms with Crippen molar-refractivity contribution >= 4 is 22.8 Å². The third kappa shape index (κ3) is 6.84. The molecule has 0 N–H and O–H groups in total. The number of hydrogen-bond acceptors (Lipinski definition) is 3. The predicted octanol–water partition coefficient (Wildman–Crippen LogP) is 13.4. The Kier molecular flexibility index (Phi) is 11.3. The van der Waals surface area contributed by atoms with E-state index in [-0.39, 0.29) is 5.41 Å². The molecule has 0 saturated heterocycles. The highest BCUT2D eigenvalue weighted by molar-refractivity contribution is 7.00. The summed E-state index contributed by atoms with van der Waals surface area (Å²) < 4.78 is 9.60. The second-order valence-corrected chi connectivity index (χ2v) is 14.7. The van der Waals surface area contributed by atoms with Gasteiger partial charge in [-0.3, -0.25) is 0 Å². The number of unbranched alkanes of at least 4 members (excludes halogenated alkanes) is 10. The molecule has 0 unspecified atom stereocenters. The molecule has 1 aromatic heterocycles. The maximum absolute atomic E-state index is 4.84. The molecule has 0 bridgehead atoms. The van der Waals surface area contributed by atoms with Crippen molar-refractivity contribution in [3.8, 4) is 22.3 Å². The second-order valence-electron chi connectivity index (χ2n) is 14.2. The SMILES string of the molecule is CCCCCCCCC1(CCCCCCCC)c2cc(-c3ccc(C(C)C)c4nsnc34)ccc2-c2ccc(C(C)C)cc21. The zero-order valence-electron chi connectivity index (χ0n) is 28.5. The van der Waals surface area contributed by atoms with Gasteiger partial charge in [-0.25, -0.2) is 0 Å². The zero-order valence-corrected chi connectivity index (χ0v) is 29.3. The van der Waals surface area contributed by atoms with Crippen LogP contribution in [-0.2, 0) is 5.41 Å². The van der Waals surface area contributed by atoms with Gasteiger partial charge in [-0.05, 0) is 69.7 Å². The molecular weight excluding hydrogens is 553 g/mol. The smallest absolute Gasteiger partial charge is 0.112 e. The van der Waals surface area contributed by atoms with Crippen LogP contribution in [0, 0.1) is 0 Å². The maximum atomic E-state index is 4.84. The summed E-state index contributed by atoms with van der Waals surface area (Å²) in [7, 11) is 0. The van der Waals surface area contributed by atoms with Gasteiger partial charge in [0.25, 0.3) is 0 Å². The van der Waals surface area contributed by atoms with Crippen LogP contribution < -0.4 is 0 Å². The van der Waals surface area contributed by atoms with Crippen molar-refractivity contribution < 1.29 is 0 Å². The lowest BCUT2D eigenvalue weighted by Gasteiger charge is -2.33. The molecule has 0 fully saturated rings. The van der Waals surface area contributed by atoms with Crippen molar-refractivity contribution in [1.82, 2.24) is 8.75 Å². The Balaban J connectivity index is 1.59. The van der Waals surface area contributed by atoms with E-state index in [1.54, 1.807) is 11.1 Å². The topological polar surface area (TPSA) is 25.8 Å². The largest absolute Gasteiger partial charge is 0.173 e. The summed E-state index contributed by atoms with van der Waals surface area (Å²) in [5, 5.41) is 0. The van der Waals surface area contributed by atoms with Crippen molar-refractivity contribution in [2.45, 2.75) is 149 Å². The van der Waals surface area contributed by atoms with Crippen LogP contribution in [0.25, 0.3) is 33.3 Å². The van der Waals surface area contributed by atoms with Gasteiger partial charge in [0, 0.05) is 11.0 Å². The predicted molar refractivity (Wildman–Crippen MR) is 193 cm³/mol. The Bertz CT molecular complexity index is 1490. The van der Waals surface area contributed by atoms with Gasteiger partial charge in [0.1, 0.15) is 11.0 Å². The first kappa shape index (κ1) is 32.9. The number of aromatic nitrogens is 2. The lowest BCUT2D eigenvalue weighted by molar-refractivity contribution is 0.397. The quantitative estimate of drug-likeness (QED) is 0.111. The standard InChI is InChI=1S/C41H56N2S/c1-7-9-11-13-15-17-25-41(26-18-16-14-12-10-8-2)37-27-31(29(3)4)19-21-35(37)36-22-20-32(28-38(36)41)34-24-23-33(30(5)6)39-40(34)43-44-42-39/h19-24,27-30H,7-18,25-26H2,1-6H3. The van der Waals surface area contributed by atoms with Gasteiger partial charge >= 0.3 is 0 Å². The van der Waals surface area contributed by atoms with Gasteiger partial charge < -0.3 is 0 Å². The number of hydrogen-bond donors (Lipinski definition) is 0. The zero-order chi connectivity index (χ0) is 31.1. The number of fused-ring (bicyclic) bond motifs is 4. The van der Waals surface area contributed by atoms with E-state index in [4.69, 9.17) is 8.75 Å². The number of rotatable bonds is 17. The molecular formula is C41H56N2S. The minimum absolute atomic E-state index is 0.0817. The molecule has 236 valence electrons. The third-order valence-electron chi connectivity index (χ3n) is 10.3. The highest BCUT2D eigenvalue weighted by Gasteiger charge is 2.42. The molecule has 3 heteroatoms. The van der Waals surface area contributed by atoms with Crippen LogP contribution in [0.5, 0.6) is 0 Å². The molecule has 0 aliphatic heterocycles. The fourth-order valence-corrected chi connectivity index (χ4v) is 8.28. The maximum Gasteiger partial charge on any atom is 0.112 e. The van der Waals surface area contributed by atoms with E-state index in [0.29, 0.717) is 11.8 Å². The molecule has 2 nitrogen and oxygen atoms in total. The molecule has 5 rings (SSSR count). The highest BCUT2D eigenvalue weighted by atomic mass is 32.1. The Morgan fingerprint density at radius 3 is 1.73 bits per heavy atom. The summed E-state index contributed by atoms with van der Waals surface area (Å²) in [4.78, 5) is 0. The minimum atomic E-state index is 0.0817. The molecule has 3 aromatic carbocycles. The second kappa shape index (κ2) is 15.2. The lowest BCUT2D eigenvalue weighted by Crippen LogP contribution is -2.26. The van der Waals surface area contributed by atoms with E-state index < -0.39 is 0 Å². The van der Waals surface area contributed by atoms with Crippen molar-refractivity contribution in [1.29, 1.82) is 0 Å². The van der Waals surface area contributed by atoms with E-state index in [0.717, 1.165) is 11.0 Å². The first-order valence-electron chi connectivity index (χ1n) is 18.0. The Labute approximate surface area is 272 Å². The number of benzene rings is 3. The fraction of sp³-hybridized carbons (Fsp3) is 0.561. The van der Waals surface area contributed by atoms with Crippen LogP contribution in [0.15, 0.2) is 48.5 Å². The van der Waals surface area contributed by atoms with Gasteiger partial charge in [0.2, 0.25) is 0 Å². The molecule has 0 saturated carbocycles. The van der Waals surface area contributed by atoms with Crippen LogP contribution in [0.1, 0.15) is 166 Å². The van der Waals surface area contributed by atoms with Crippen molar-refractivity contribution in [2.75, 3.05) is 0 Å². The summed E-state index contributed by atoms with van der Waals surface area (Å²) in [6.07, 6.45) is 18.6. The molecule has 0 spiro atoms. The normalized spacial score (nSPS) is 13.7. The molecule has 0 atom stereocenters. The number of nitrogens with zero attached hydrogens (tertiary/aromatic N) is 2. The van der Waals surface area contributed by atoms with Crippen LogP contribution in [-0.4, -0.2) is 8.75 Å². The van der Waals surface area contributed by atoms with Crippen molar-refractivity contribution in [3.05, 3.63) is 70.8 Å². The minimum Gasteiger partial charge on any atom is -0.173 e. The average Bonchev–Trinajstić information content (AvgIpc) is 3.61. The van der Waals surface area contributed by atoms with E-state index in [2.05, 4.69) is 90.1 Å². The van der Waals surface area contributed by atoms with Crippen LogP contribution in [0.2, 0.25) is 0 Å². The Hall–Kier alpha value is -2.52. The highest BCUT2D eigenvalue weighted by Crippen LogP contribution is 2.55. The first-order chi connectivity index (χ1) is 21.4. The van der Waals surface area contributed by atoms with E-state index in [1.165, 1.54) is 135 Å². The lowest BCUT2D eigenvalue weighted by atomic mass is 9.69. The van der Waals surface area contributed by atoms with E-state index in [1.807, 2.05) is 0 Å². The molecule has 44 heavy (non-hydrogen) atoms. The van der Waals surface area contributed by atoms with Crippen molar-refractivity contribution in [3.63, 3.8) is 0 Å². The first-order valence-corrected chi connectivity index (χ1v) is 18.7. The molecule has 1 heterocycles. The van der Waals surface area contributed by atoms with Gasteiger partial charge in [0.05, 0.1) is 11.7 Å². The van der Waals surface area contributed by atoms with E-state index >= 15 is 0 Å². The van der Waals surface area contributed by atoms with Gasteiger partial charge in [-0.2, -0.15) is 8.75 Å². The van der Waals surface area contributed by atoms with E-state index in [9.17, 15) is 0 Å². The Morgan fingerprint density at radius 1 is 0.568 bits per heavy atom. The molecule has 4 aromatic rings. The van der Waals surface area contributed by atoms with Gasteiger partial charge in [0.15, 0.2) is 0 Å². The summed E-state index contributed by atoms with van der Waals surface area (Å²) in [5.41, 5.74) is 13.6. The summed E-state index contributed by atoms with van der Waals surface area (Å²) in [5.74, 6) is 0.965. The molecule has 1 aliphatic rings. The summed E-state index contributed by atoms with van der Waals surface area (Å²) >= 11 is 1.35. The van der Waals surface area contributed by atoms with Crippen molar-refractivity contribution in [2.24, 2.45) is 0 Å². The third-order valence-corrected chi connectivity index (χ3v) is 10.9. The van der Waals surface area contributed by atoms with Crippen LogP contribution in [0.3, 0.4) is 0 Å².